The number of carbonyl (C=O) groups excluding carboxylic acids is 1. The van der Waals surface area contributed by atoms with E-state index in [1.807, 2.05) is 0 Å². The predicted octanol–water partition coefficient (Wildman–Crippen LogP) is 2.31. The van der Waals surface area contributed by atoms with Gasteiger partial charge in [-0.2, -0.15) is 0 Å². The van der Waals surface area contributed by atoms with Gasteiger partial charge in [0.25, 0.3) is 0 Å². The van der Waals surface area contributed by atoms with E-state index in [-0.39, 0.29) is 5.97 Å². The van der Waals surface area contributed by atoms with E-state index >= 15 is 0 Å². The topological polar surface area (TPSA) is 29.5 Å². The molecule has 0 amide bonds. The first-order chi connectivity index (χ1) is 7.13. The zero-order valence-corrected chi connectivity index (χ0v) is 10.8. The first kappa shape index (κ1) is 12.7. The molecule has 1 saturated carbocycles. The summed E-state index contributed by atoms with van der Waals surface area (Å²) in [6.45, 7) is 4.91. The standard InChI is InChI=1S/C11H18BrNO2/c1-9(12)7-13(8-11(14)15-2)10-5-3-4-6-10/h10H,1,3-8H2,2H3. The summed E-state index contributed by atoms with van der Waals surface area (Å²) in [7, 11) is 1.43. The Balaban J connectivity index is 2.51. The molecule has 0 saturated heterocycles. The highest BCUT2D eigenvalue weighted by molar-refractivity contribution is 9.11. The largest absolute Gasteiger partial charge is 0.468 e. The molecule has 1 fully saturated rings. The quantitative estimate of drug-likeness (QED) is 0.722. The van der Waals surface area contributed by atoms with Crippen LogP contribution in [0.2, 0.25) is 0 Å². The lowest BCUT2D eigenvalue weighted by atomic mass is 10.2. The van der Waals surface area contributed by atoms with E-state index in [0.717, 1.165) is 11.0 Å². The summed E-state index contributed by atoms with van der Waals surface area (Å²) in [6, 6.07) is 0.512. The van der Waals surface area contributed by atoms with E-state index in [0.29, 0.717) is 12.6 Å². The summed E-state index contributed by atoms with van der Waals surface area (Å²) >= 11 is 3.35. The fourth-order valence-corrected chi connectivity index (χ4v) is 2.36. The van der Waals surface area contributed by atoms with Crippen molar-refractivity contribution in [3.63, 3.8) is 0 Å². The van der Waals surface area contributed by atoms with Gasteiger partial charge < -0.3 is 4.74 Å². The zero-order chi connectivity index (χ0) is 11.3. The van der Waals surface area contributed by atoms with Crippen LogP contribution < -0.4 is 0 Å². The maximum absolute atomic E-state index is 11.3. The van der Waals surface area contributed by atoms with Gasteiger partial charge in [0.1, 0.15) is 0 Å². The van der Waals surface area contributed by atoms with Crippen LogP contribution in [0.3, 0.4) is 0 Å². The minimum absolute atomic E-state index is 0.171. The fraction of sp³-hybridized carbons (Fsp3) is 0.727. The summed E-state index contributed by atoms with van der Waals surface area (Å²) in [5, 5.41) is 0. The van der Waals surface area contributed by atoms with Crippen molar-refractivity contribution in [2.45, 2.75) is 31.7 Å². The lowest BCUT2D eigenvalue weighted by Gasteiger charge is -2.27. The maximum atomic E-state index is 11.3. The van der Waals surface area contributed by atoms with Gasteiger partial charge >= 0.3 is 5.97 Å². The fourth-order valence-electron chi connectivity index (χ4n) is 2.03. The third kappa shape index (κ3) is 4.34. The smallest absolute Gasteiger partial charge is 0.319 e. The second-order valence-electron chi connectivity index (χ2n) is 3.94. The summed E-state index contributed by atoms with van der Waals surface area (Å²) < 4.78 is 5.61. The number of hydrogen-bond donors (Lipinski definition) is 0. The molecule has 0 radical (unpaired) electrons. The summed E-state index contributed by atoms with van der Waals surface area (Å²) in [5.74, 6) is -0.171. The van der Waals surface area contributed by atoms with Crippen LogP contribution in [0.4, 0.5) is 0 Å². The molecule has 0 bridgehead atoms. The number of ether oxygens (including phenoxy) is 1. The van der Waals surface area contributed by atoms with Crippen molar-refractivity contribution in [1.82, 2.24) is 4.90 Å². The number of methoxy groups -OCH3 is 1. The number of nitrogens with zero attached hydrogens (tertiary/aromatic N) is 1. The van der Waals surface area contributed by atoms with Gasteiger partial charge in [0, 0.05) is 17.1 Å². The number of carbonyl (C=O) groups is 1. The highest BCUT2D eigenvalue weighted by Gasteiger charge is 2.24. The van der Waals surface area contributed by atoms with Crippen LogP contribution in [-0.4, -0.2) is 37.1 Å². The molecule has 0 N–H and O–H groups in total. The third-order valence-electron chi connectivity index (χ3n) is 2.78. The van der Waals surface area contributed by atoms with E-state index in [2.05, 4.69) is 27.4 Å². The van der Waals surface area contributed by atoms with Crippen molar-refractivity contribution in [2.24, 2.45) is 0 Å². The maximum Gasteiger partial charge on any atom is 0.319 e. The number of halogens is 1. The van der Waals surface area contributed by atoms with Crippen molar-refractivity contribution < 1.29 is 9.53 Å². The van der Waals surface area contributed by atoms with Gasteiger partial charge in [0.2, 0.25) is 0 Å². The van der Waals surface area contributed by atoms with Crippen LogP contribution in [0, 0.1) is 0 Å². The molecule has 15 heavy (non-hydrogen) atoms. The molecule has 0 unspecified atom stereocenters. The first-order valence-corrected chi connectivity index (χ1v) is 6.07. The number of hydrogen-bond acceptors (Lipinski definition) is 3. The Morgan fingerprint density at radius 3 is 2.53 bits per heavy atom. The van der Waals surface area contributed by atoms with E-state index in [1.54, 1.807) is 0 Å². The molecular weight excluding hydrogens is 258 g/mol. The monoisotopic (exact) mass is 275 g/mol. The van der Waals surface area contributed by atoms with E-state index in [4.69, 9.17) is 4.74 Å². The molecule has 0 aromatic heterocycles. The van der Waals surface area contributed by atoms with E-state index < -0.39 is 0 Å². The van der Waals surface area contributed by atoms with Gasteiger partial charge in [-0.1, -0.05) is 35.4 Å². The van der Waals surface area contributed by atoms with Crippen molar-refractivity contribution >= 4 is 21.9 Å². The molecule has 4 heteroatoms. The van der Waals surface area contributed by atoms with Crippen LogP contribution >= 0.6 is 15.9 Å². The van der Waals surface area contributed by atoms with Gasteiger partial charge in [-0.3, -0.25) is 9.69 Å². The lowest BCUT2D eigenvalue weighted by Crippen LogP contribution is -2.38. The Morgan fingerprint density at radius 2 is 2.07 bits per heavy atom. The second-order valence-corrected chi connectivity index (χ2v) is 5.06. The first-order valence-electron chi connectivity index (χ1n) is 5.27. The minimum Gasteiger partial charge on any atom is -0.468 e. The molecule has 0 heterocycles. The molecule has 1 aliphatic carbocycles. The summed E-state index contributed by atoms with van der Waals surface area (Å²) in [4.78, 5) is 13.4. The van der Waals surface area contributed by atoms with E-state index in [1.165, 1.54) is 32.8 Å². The molecule has 86 valence electrons. The van der Waals surface area contributed by atoms with Crippen LogP contribution in [0.1, 0.15) is 25.7 Å². The Hall–Kier alpha value is -0.350. The molecule has 0 aromatic carbocycles. The van der Waals surface area contributed by atoms with E-state index in [9.17, 15) is 4.79 Å². The van der Waals surface area contributed by atoms with Crippen LogP contribution in [0.15, 0.2) is 11.1 Å². The Kier molecular flexibility index (Phi) is 5.32. The molecular formula is C11H18BrNO2. The summed E-state index contributed by atoms with van der Waals surface area (Å²) in [5.41, 5.74) is 0. The zero-order valence-electron chi connectivity index (χ0n) is 9.17. The number of rotatable bonds is 5. The highest BCUT2D eigenvalue weighted by atomic mass is 79.9. The molecule has 0 atom stereocenters. The van der Waals surface area contributed by atoms with Crippen LogP contribution in [0.5, 0.6) is 0 Å². The normalized spacial score (nSPS) is 17.0. The van der Waals surface area contributed by atoms with Gasteiger partial charge in [0.05, 0.1) is 13.7 Å². The van der Waals surface area contributed by atoms with Crippen molar-refractivity contribution in [3.05, 3.63) is 11.1 Å². The molecule has 0 spiro atoms. The lowest BCUT2D eigenvalue weighted by molar-refractivity contribution is -0.142. The van der Waals surface area contributed by atoms with Crippen molar-refractivity contribution in [1.29, 1.82) is 0 Å². The molecule has 0 aliphatic heterocycles. The average molecular weight is 276 g/mol. The van der Waals surface area contributed by atoms with Crippen molar-refractivity contribution in [3.8, 4) is 0 Å². The molecule has 1 aliphatic rings. The molecule has 3 nitrogen and oxygen atoms in total. The average Bonchev–Trinajstić information content (AvgIpc) is 2.68. The van der Waals surface area contributed by atoms with Crippen LogP contribution in [0.25, 0.3) is 0 Å². The summed E-state index contributed by atoms with van der Waals surface area (Å²) in [6.07, 6.45) is 4.88. The number of esters is 1. The van der Waals surface area contributed by atoms with Gasteiger partial charge in [-0.15, -0.1) is 0 Å². The van der Waals surface area contributed by atoms with Gasteiger partial charge in [-0.05, 0) is 12.8 Å². The van der Waals surface area contributed by atoms with Crippen LogP contribution in [-0.2, 0) is 9.53 Å². The van der Waals surface area contributed by atoms with Gasteiger partial charge in [0.15, 0.2) is 0 Å². The predicted molar refractivity (Wildman–Crippen MR) is 63.9 cm³/mol. The molecule has 1 rings (SSSR count). The SMILES string of the molecule is C=C(Br)CN(CC(=O)OC)C1CCCC1. The minimum atomic E-state index is -0.171. The third-order valence-corrected chi connectivity index (χ3v) is 3.03. The Bertz CT molecular complexity index is 237. The molecule has 0 aromatic rings. The Labute approximate surface area is 99.6 Å². The van der Waals surface area contributed by atoms with Crippen molar-refractivity contribution in [2.75, 3.05) is 20.2 Å². The van der Waals surface area contributed by atoms with Gasteiger partial charge in [-0.25, -0.2) is 0 Å². The highest BCUT2D eigenvalue weighted by Crippen LogP contribution is 2.24. The second kappa shape index (κ2) is 6.28. The Morgan fingerprint density at radius 1 is 1.47 bits per heavy atom.